The molecular formula is C24H32Cl2N2O6. The normalized spacial score (nSPS) is 11.1. The number of nitrogens with one attached hydrogen (secondary N) is 1. The predicted octanol–water partition coefficient (Wildman–Crippen LogP) is 6.76. The van der Waals surface area contributed by atoms with E-state index in [1.165, 1.54) is 0 Å². The summed E-state index contributed by atoms with van der Waals surface area (Å²) in [5, 5.41) is 10.4. The molecule has 2 aromatic rings. The van der Waals surface area contributed by atoms with Crippen molar-refractivity contribution in [3.05, 3.63) is 69.7 Å². The average molecular weight is 515 g/mol. The molecule has 0 unspecified atom stereocenters. The summed E-state index contributed by atoms with van der Waals surface area (Å²) in [5.74, 6) is 0. The lowest BCUT2D eigenvalue weighted by Gasteiger charge is -2.27. The topological polar surface area (TPSA) is 97.3 Å². The van der Waals surface area contributed by atoms with Gasteiger partial charge in [-0.25, -0.2) is 15.1 Å². The first-order chi connectivity index (χ1) is 15.7. The van der Waals surface area contributed by atoms with Gasteiger partial charge in [0.15, 0.2) is 0 Å². The Balaban J connectivity index is 0.000000479. The highest BCUT2D eigenvalue weighted by Gasteiger charge is 2.28. The van der Waals surface area contributed by atoms with Crippen molar-refractivity contribution < 1.29 is 29.1 Å². The zero-order valence-corrected chi connectivity index (χ0v) is 21.7. The molecule has 188 valence electrons. The average Bonchev–Trinajstić information content (AvgIpc) is 2.69. The van der Waals surface area contributed by atoms with E-state index in [2.05, 4.69) is 5.48 Å². The molecule has 2 N–H and O–H groups in total. The molecule has 8 nitrogen and oxygen atoms in total. The number of hydroxylamine groups is 3. The molecule has 0 aliphatic carbocycles. The Morgan fingerprint density at radius 2 is 1.26 bits per heavy atom. The van der Waals surface area contributed by atoms with Crippen LogP contribution in [0.1, 0.15) is 52.7 Å². The molecule has 34 heavy (non-hydrogen) atoms. The van der Waals surface area contributed by atoms with Crippen LogP contribution in [0.3, 0.4) is 0 Å². The summed E-state index contributed by atoms with van der Waals surface area (Å²) in [5.41, 5.74) is 2.31. The molecule has 2 rings (SSSR count). The van der Waals surface area contributed by atoms with Crippen molar-refractivity contribution in [2.75, 3.05) is 0 Å². The first-order valence-electron chi connectivity index (χ1n) is 10.5. The second kappa shape index (κ2) is 13.4. The van der Waals surface area contributed by atoms with Crippen LogP contribution in [0.15, 0.2) is 48.5 Å². The molecular weight excluding hydrogens is 483 g/mol. The lowest BCUT2D eigenvalue weighted by Crippen LogP contribution is -2.39. The number of carbonyl (C=O) groups excluding carboxylic acids is 2. The van der Waals surface area contributed by atoms with Gasteiger partial charge in [-0.15, -0.1) is 5.06 Å². The molecule has 0 aromatic heterocycles. The van der Waals surface area contributed by atoms with Crippen molar-refractivity contribution in [1.82, 2.24) is 10.5 Å². The number of amides is 1. The van der Waals surface area contributed by atoms with Gasteiger partial charge in [-0.1, -0.05) is 47.5 Å². The highest BCUT2D eigenvalue weighted by atomic mass is 35.5. The molecule has 0 saturated carbocycles. The Morgan fingerprint density at radius 3 is 1.68 bits per heavy atom. The Bertz CT molecular complexity index is 907. The number of hydrogen-bond donors (Lipinski definition) is 2. The van der Waals surface area contributed by atoms with Gasteiger partial charge in [0.2, 0.25) is 0 Å². The lowest BCUT2D eigenvalue weighted by atomic mass is 10.2. The molecule has 0 bridgehead atoms. The maximum atomic E-state index is 12.3. The number of benzene rings is 2. The van der Waals surface area contributed by atoms with Crippen LogP contribution in [0, 0.1) is 0 Å². The van der Waals surface area contributed by atoms with E-state index in [1.54, 1.807) is 77.9 Å². The maximum Gasteiger partial charge on any atom is 0.534 e. The molecule has 0 aliphatic rings. The third kappa shape index (κ3) is 13.3. The van der Waals surface area contributed by atoms with E-state index in [0.29, 0.717) is 22.2 Å². The van der Waals surface area contributed by atoms with E-state index in [-0.39, 0.29) is 6.54 Å². The molecule has 0 atom stereocenters. The van der Waals surface area contributed by atoms with E-state index < -0.39 is 23.5 Å². The maximum absolute atomic E-state index is 12.3. The summed E-state index contributed by atoms with van der Waals surface area (Å²) in [4.78, 5) is 29.2. The standard InChI is InChI=1S/C17H24ClNO5.C7H8ClNO/c1-16(2,3)22-14(20)19(24-15(21)23-17(4,5)6)11-12-7-9-13(18)10-8-12;8-7-3-1-6(2-4-7)5-9-10/h7-10H,11H2,1-6H3;1-4,9-10H,5H2. The summed E-state index contributed by atoms with van der Waals surface area (Å²) >= 11 is 11.5. The first-order valence-corrected chi connectivity index (χ1v) is 11.2. The van der Waals surface area contributed by atoms with E-state index in [0.717, 1.165) is 10.6 Å². The Labute approximate surface area is 210 Å². The van der Waals surface area contributed by atoms with Crippen molar-refractivity contribution in [1.29, 1.82) is 0 Å². The molecule has 1 amide bonds. The Kier molecular flexibility index (Phi) is 11.6. The van der Waals surface area contributed by atoms with Crippen molar-refractivity contribution in [3.63, 3.8) is 0 Å². The van der Waals surface area contributed by atoms with Gasteiger partial charge < -0.3 is 14.7 Å². The van der Waals surface area contributed by atoms with Crippen molar-refractivity contribution in [2.24, 2.45) is 0 Å². The van der Waals surface area contributed by atoms with E-state index >= 15 is 0 Å². The summed E-state index contributed by atoms with van der Waals surface area (Å²) in [6.45, 7) is 10.7. The van der Waals surface area contributed by atoms with Crippen LogP contribution in [-0.2, 0) is 27.4 Å². The minimum absolute atomic E-state index is 0.00528. The quantitative estimate of drug-likeness (QED) is 0.343. The third-order valence-electron chi connectivity index (χ3n) is 3.61. The molecule has 0 saturated heterocycles. The van der Waals surface area contributed by atoms with E-state index in [4.69, 9.17) is 42.7 Å². The second-order valence-electron chi connectivity index (χ2n) is 9.16. The van der Waals surface area contributed by atoms with Gasteiger partial charge in [0, 0.05) is 16.6 Å². The van der Waals surface area contributed by atoms with Gasteiger partial charge in [-0.05, 0) is 76.9 Å². The number of hydrogen-bond acceptors (Lipinski definition) is 7. The monoisotopic (exact) mass is 514 g/mol. The second-order valence-corrected chi connectivity index (χ2v) is 10.0. The number of halogens is 2. The van der Waals surface area contributed by atoms with Crippen LogP contribution in [0.4, 0.5) is 9.59 Å². The fraction of sp³-hybridized carbons (Fsp3) is 0.417. The summed E-state index contributed by atoms with van der Waals surface area (Å²) in [7, 11) is 0. The number of nitrogens with zero attached hydrogens (tertiary/aromatic N) is 1. The highest BCUT2D eigenvalue weighted by Crippen LogP contribution is 2.17. The van der Waals surface area contributed by atoms with Crippen molar-refractivity contribution >= 4 is 35.5 Å². The Hall–Kier alpha value is -2.52. The van der Waals surface area contributed by atoms with Crippen molar-refractivity contribution in [3.8, 4) is 0 Å². The zero-order valence-electron chi connectivity index (χ0n) is 20.2. The van der Waals surface area contributed by atoms with Crippen LogP contribution in [0.5, 0.6) is 0 Å². The summed E-state index contributed by atoms with van der Waals surface area (Å²) < 4.78 is 10.3. The zero-order chi connectivity index (χ0) is 25.9. The van der Waals surface area contributed by atoms with E-state index in [1.807, 2.05) is 12.1 Å². The Morgan fingerprint density at radius 1 is 0.824 bits per heavy atom. The third-order valence-corrected chi connectivity index (χ3v) is 4.11. The summed E-state index contributed by atoms with van der Waals surface area (Å²) in [6.07, 6.45) is -1.77. The molecule has 0 spiro atoms. The largest absolute Gasteiger partial charge is 0.534 e. The molecule has 0 fully saturated rings. The number of rotatable bonds is 4. The summed E-state index contributed by atoms with van der Waals surface area (Å²) in [6, 6.07) is 14.1. The highest BCUT2D eigenvalue weighted by molar-refractivity contribution is 6.30. The smallest absolute Gasteiger partial charge is 0.442 e. The fourth-order valence-corrected chi connectivity index (χ4v) is 2.51. The van der Waals surface area contributed by atoms with E-state index in [9.17, 15) is 9.59 Å². The lowest BCUT2D eigenvalue weighted by molar-refractivity contribution is -0.140. The minimum atomic E-state index is -0.984. The van der Waals surface area contributed by atoms with Gasteiger partial charge >= 0.3 is 12.2 Å². The first kappa shape index (κ1) is 29.5. The van der Waals surface area contributed by atoms with Gasteiger partial charge in [-0.3, -0.25) is 4.84 Å². The molecule has 0 radical (unpaired) electrons. The SMILES string of the molecule is CC(C)(C)OC(=O)ON(Cc1ccc(Cl)cc1)C(=O)OC(C)(C)C.ONCc1ccc(Cl)cc1. The van der Waals surface area contributed by atoms with Crippen LogP contribution >= 0.6 is 23.2 Å². The molecule has 0 heterocycles. The molecule has 2 aromatic carbocycles. The van der Waals surface area contributed by atoms with Crippen molar-refractivity contribution in [2.45, 2.75) is 65.8 Å². The van der Waals surface area contributed by atoms with Crippen LogP contribution in [-0.4, -0.2) is 33.7 Å². The van der Waals surface area contributed by atoms with Crippen LogP contribution in [0.25, 0.3) is 0 Å². The molecule has 10 heteroatoms. The number of carbonyl (C=O) groups is 2. The van der Waals surface area contributed by atoms with Gasteiger partial charge in [0.25, 0.3) is 0 Å². The van der Waals surface area contributed by atoms with Crippen LogP contribution in [0.2, 0.25) is 10.0 Å². The predicted molar refractivity (Wildman–Crippen MR) is 131 cm³/mol. The molecule has 0 aliphatic heterocycles. The van der Waals surface area contributed by atoms with Gasteiger partial charge in [0.05, 0.1) is 6.54 Å². The number of ether oxygens (including phenoxy) is 2. The van der Waals surface area contributed by atoms with Crippen LogP contribution < -0.4 is 5.48 Å². The minimum Gasteiger partial charge on any atom is -0.442 e. The van der Waals surface area contributed by atoms with Gasteiger partial charge in [0.1, 0.15) is 11.2 Å². The van der Waals surface area contributed by atoms with Gasteiger partial charge in [-0.2, -0.15) is 0 Å². The fourth-order valence-electron chi connectivity index (χ4n) is 2.25.